The number of allylic oxidation sites excluding steroid dienone is 1. The maximum Gasteiger partial charge on any atom is -0.0230 e. The van der Waals surface area contributed by atoms with Crippen LogP contribution in [0.2, 0.25) is 0 Å². The van der Waals surface area contributed by atoms with Gasteiger partial charge in [-0.15, -0.1) is 0 Å². The molecule has 0 aliphatic heterocycles. The Bertz CT molecular complexity index is 366. The van der Waals surface area contributed by atoms with E-state index in [2.05, 4.69) is 44.7 Å². The lowest BCUT2D eigenvalue weighted by Gasteiger charge is -2.13. The van der Waals surface area contributed by atoms with Gasteiger partial charge in [0.15, 0.2) is 0 Å². The van der Waals surface area contributed by atoms with Crippen LogP contribution in [0.3, 0.4) is 0 Å². The second-order valence-corrected chi connectivity index (χ2v) is 5.32. The van der Waals surface area contributed by atoms with Crippen LogP contribution in [0.1, 0.15) is 50.2 Å². The zero-order valence-electron chi connectivity index (χ0n) is 10.6. The van der Waals surface area contributed by atoms with E-state index in [-0.39, 0.29) is 0 Å². The smallest absolute Gasteiger partial charge is 0.0230 e. The summed E-state index contributed by atoms with van der Waals surface area (Å²) in [6.07, 6.45) is 6.71. The number of hydrogen-bond donors (Lipinski definition) is 0. The van der Waals surface area contributed by atoms with E-state index in [9.17, 15) is 0 Å². The molecule has 86 valence electrons. The summed E-state index contributed by atoms with van der Waals surface area (Å²) in [4.78, 5) is 0. The molecule has 0 spiro atoms. The first-order valence-corrected chi connectivity index (χ1v) is 6.40. The van der Waals surface area contributed by atoms with E-state index in [1.807, 2.05) is 0 Å². The zero-order chi connectivity index (χ0) is 11.6. The monoisotopic (exact) mass is 214 g/mol. The molecule has 16 heavy (non-hydrogen) atoms. The molecule has 0 amide bonds. The fourth-order valence-corrected chi connectivity index (χ4v) is 2.31. The first-order chi connectivity index (χ1) is 7.65. The van der Waals surface area contributed by atoms with Crippen LogP contribution in [-0.2, 0) is 0 Å². The molecule has 0 heteroatoms. The Hall–Kier alpha value is -1.04. The Morgan fingerprint density at radius 1 is 1.25 bits per heavy atom. The summed E-state index contributed by atoms with van der Waals surface area (Å²) in [5.74, 6) is 0. The van der Waals surface area contributed by atoms with Crippen molar-refractivity contribution < 1.29 is 0 Å². The molecule has 0 nitrogen and oxygen atoms in total. The van der Waals surface area contributed by atoms with Crippen LogP contribution in [-0.4, -0.2) is 0 Å². The number of rotatable bonds is 5. The topological polar surface area (TPSA) is 0 Å². The predicted octanol–water partition coefficient (Wildman–Crippen LogP) is 4.98. The molecule has 1 fully saturated rings. The van der Waals surface area contributed by atoms with Gasteiger partial charge in [0.1, 0.15) is 0 Å². The first-order valence-electron chi connectivity index (χ1n) is 6.40. The second kappa shape index (κ2) is 4.45. The summed E-state index contributed by atoms with van der Waals surface area (Å²) in [5, 5.41) is 0. The number of aryl methyl sites for hydroxylation is 1. The third-order valence-electron chi connectivity index (χ3n) is 4.12. The lowest BCUT2D eigenvalue weighted by Crippen LogP contribution is -1.98. The fraction of sp³-hybridized carbons (Fsp3) is 0.500. The van der Waals surface area contributed by atoms with Crippen molar-refractivity contribution in [2.45, 2.75) is 46.0 Å². The third kappa shape index (κ3) is 2.55. The Balaban J connectivity index is 1.91. The summed E-state index contributed by atoms with van der Waals surface area (Å²) in [7, 11) is 0. The summed E-state index contributed by atoms with van der Waals surface area (Å²) < 4.78 is 0. The van der Waals surface area contributed by atoms with Gasteiger partial charge in [0, 0.05) is 0 Å². The maximum absolute atomic E-state index is 4.22. The standard InChI is InChI=1S/C16H22/c1-4-16(11-12-16)10-9-14(3)15-7-5-13(2)6-8-15/h5-8H,3-4,9-12H2,1-2H3. The van der Waals surface area contributed by atoms with E-state index in [1.54, 1.807) is 0 Å². The van der Waals surface area contributed by atoms with Gasteiger partial charge in [-0.05, 0) is 49.2 Å². The van der Waals surface area contributed by atoms with Gasteiger partial charge in [0.25, 0.3) is 0 Å². The lowest BCUT2D eigenvalue weighted by atomic mass is 9.92. The fourth-order valence-electron chi connectivity index (χ4n) is 2.31. The van der Waals surface area contributed by atoms with Crippen molar-refractivity contribution >= 4 is 5.57 Å². The molecule has 0 heterocycles. The van der Waals surface area contributed by atoms with Gasteiger partial charge in [0.2, 0.25) is 0 Å². The Labute approximate surface area is 99.4 Å². The second-order valence-electron chi connectivity index (χ2n) is 5.32. The van der Waals surface area contributed by atoms with Gasteiger partial charge in [-0.3, -0.25) is 0 Å². The average Bonchev–Trinajstić information content (AvgIpc) is 3.08. The minimum Gasteiger partial charge on any atom is -0.0952 e. The molecule has 1 aliphatic rings. The molecule has 0 atom stereocenters. The van der Waals surface area contributed by atoms with Crippen LogP contribution >= 0.6 is 0 Å². The first kappa shape index (κ1) is 11.4. The highest BCUT2D eigenvalue weighted by molar-refractivity contribution is 5.63. The normalized spacial score (nSPS) is 17.1. The highest BCUT2D eigenvalue weighted by Crippen LogP contribution is 2.53. The van der Waals surface area contributed by atoms with E-state index in [1.165, 1.54) is 42.4 Å². The molecule has 0 unspecified atom stereocenters. The Kier molecular flexibility index (Phi) is 3.18. The highest BCUT2D eigenvalue weighted by atomic mass is 14.4. The zero-order valence-corrected chi connectivity index (χ0v) is 10.6. The highest BCUT2D eigenvalue weighted by Gasteiger charge is 2.39. The molecular formula is C16H22. The van der Waals surface area contributed by atoms with Crippen molar-refractivity contribution in [3.8, 4) is 0 Å². The Morgan fingerprint density at radius 2 is 1.88 bits per heavy atom. The summed E-state index contributed by atoms with van der Waals surface area (Å²) in [6.45, 7) is 8.67. The van der Waals surface area contributed by atoms with Crippen molar-refractivity contribution in [1.29, 1.82) is 0 Å². The number of hydrogen-bond acceptors (Lipinski definition) is 0. The van der Waals surface area contributed by atoms with E-state index in [4.69, 9.17) is 0 Å². The van der Waals surface area contributed by atoms with Crippen molar-refractivity contribution in [2.75, 3.05) is 0 Å². The van der Waals surface area contributed by atoms with Crippen molar-refractivity contribution in [3.05, 3.63) is 42.0 Å². The van der Waals surface area contributed by atoms with Crippen LogP contribution in [0.15, 0.2) is 30.8 Å². The molecule has 0 aromatic heterocycles. The van der Waals surface area contributed by atoms with Crippen LogP contribution < -0.4 is 0 Å². The van der Waals surface area contributed by atoms with Gasteiger partial charge in [-0.25, -0.2) is 0 Å². The molecular weight excluding hydrogens is 192 g/mol. The molecule has 1 aliphatic carbocycles. The van der Waals surface area contributed by atoms with E-state index in [0.29, 0.717) is 5.41 Å². The minimum absolute atomic E-state index is 0.688. The van der Waals surface area contributed by atoms with E-state index < -0.39 is 0 Å². The van der Waals surface area contributed by atoms with Crippen molar-refractivity contribution in [1.82, 2.24) is 0 Å². The Morgan fingerprint density at radius 3 is 2.38 bits per heavy atom. The van der Waals surface area contributed by atoms with Gasteiger partial charge in [-0.1, -0.05) is 49.8 Å². The quantitative estimate of drug-likeness (QED) is 0.648. The van der Waals surface area contributed by atoms with Crippen molar-refractivity contribution in [3.63, 3.8) is 0 Å². The molecule has 0 N–H and O–H groups in total. The van der Waals surface area contributed by atoms with Gasteiger partial charge in [-0.2, -0.15) is 0 Å². The lowest BCUT2D eigenvalue weighted by molar-refractivity contribution is 0.457. The molecule has 0 radical (unpaired) electrons. The molecule has 1 saturated carbocycles. The molecule has 1 aromatic carbocycles. The van der Waals surface area contributed by atoms with Gasteiger partial charge >= 0.3 is 0 Å². The number of benzene rings is 1. The SMILES string of the molecule is C=C(CCC1(CC)CC1)c1ccc(C)cc1. The van der Waals surface area contributed by atoms with Crippen LogP contribution in [0.5, 0.6) is 0 Å². The van der Waals surface area contributed by atoms with Crippen LogP contribution in [0.4, 0.5) is 0 Å². The van der Waals surface area contributed by atoms with Crippen LogP contribution in [0, 0.1) is 12.3 Å². The van der Waals surface area contributed by atoms with Crippen molar-refractivity contribution in [2.24, 2.45) is 5.41 Å². The molecule has 0 saturated heterocycles. The average molecular weight is 214 g/mol. The summed E-state index contributed by atoms with van der Waals surface area (Å²) in [5.41, 5.74) is 4.63. The van der Waals surface area contributed by atoms with Gasteiger partial charge < -0.3 is 0 Å². The largest absolute Gasteiger partial charge is 0.0952 e. The van der Waals surface area contributed by atoms with Gasteiger partial charge in [0.05, 0.1) is 0 Å². The van der Waals surface area contributed by atoms with E-state index in [0.717, 1.165) is 6.42 Å². The predicted molar refractivity (Wildman–Crippen MR) is 71.4 cm³/mol. The molecule has 2 rings (SSSR count). The molecule has 0 bridgehead atoms. The maximum atomic E-state index is 4.22. The molecule has 1 aromatic rings. The van der Waals surface area contributed by atoms with Crippen LogP contribution in [0.25, 0.3) is 5.57 Å². The summed E-state index contributed by atoms with van der Waals surface area (Å²) >= 11 is 0. The minimum atomic E-state index is 0.688. The summed E-state index contributed by atoms with van der Waals surface area (Å²) in [6, 6.07) is 8.74. The van der Waals surface area contributed by atoms with E-state index >= 15 is 0 Å². The third-order valence-corrected chi connectivity index (χ3v) is 4.12.